The van der Waals surface area contributed by atoms with Crippen LogP contribution >= 0.6 is 0 Å². The van der Waals surface area contributed by atoms with Gasteiger partial charge in [0.05, 0.1) is 18.9 Å². The number of unbranched alkanes of at least 4 members (excludes halogenated alkanes) is 1. The molecule has 3 aromatic rings. The van der Waals surface area contributed by atoms with E-state index in [0.29, 0.717) is 42.5 Å². The number of nitroso groups, excluding NO2 is 1. The van der Waals surface area contributed by atoms with Gasteiger partial charge in [-0.3, -0.25) is 4.98 Å². The van der Waals surface area contributed by atoms with Crippen LogP contribution in [0, 0.1) is 10.7 Å². The average molecular weight is 357 g/mol. The molecule has 3 aromatic heterocycles. The largest absolute Gasteiger partial charge is 0.354 e. The van der Waals surface area contributed by atoms with Crippen molar-refractivity contribution in [1.29, 1.82) is 0 Å². The molecule has 0 radical (unpaired) electrons. The van der Waals surface area contributed by atoms with Crippen molar-refractivity contribution >= 4 is 11.6 Å². The number of hydrogen-bond acceptors (Lipinski definition) is 7. The zero-order valence-corrected chi connectivity index (χ0v) is 14.7. The molecule has 0 aliphatic carbocycles. The number of nitrogens with zero attached hydrogens (tertiary/aromatic N) is 6. The lowest BCUT2D eigenvalue weighted by atomic mass is 10.1. The third-order valence-corrected chi connectivity index (χ3v) is 3.94. The predicted molar refractivity (Wildman–Crippen MR) is 96.4 cm³/mol. The van der Waals surface area contributed by atoms with Crippen LogP contribution in [-0.2, 0) is 0 Å². The first-order valence-electron chi connectivity index (χ1n) is 8.49. The maximum absolute atomic E-state index is 13.6. The van der Waals surface area contributed by atoms with Crippen molar-refractivity contribution < 1.29 is 4.39 Å². The van der Waals surface area contributed by atoms with Gasteiger partial charge < -0.3 is 5.32 Å². The number of hydrogen-bond donors (Lipinski definition) is 1. The fraction of sp³-hybridized carbons (Fsp3) is 0.412. The normalized spacial score (nSPS) is 11.2. The summed E-state index contributed by atoms with van der Waals surface area (Å²) in [7, 11) is 0. The molecule has 3 heterocycles. The van der Waals surface area contributed by atoms with Gasteiger partial charge in [-0.1, -0.05) is 19.0 Å². The van der Waals surface area contributed by atoms with Crippen LogP contribution in [0.15, 0.2) is 29.8 Å². The summed E-state index contributed by atoms with van der Waals surface area (Å²) >= 11 is 0. The second-order valence-corrected chi connectivity index (χ2v) is 6.24. The molecule has 0 saturated carbocycles. The molecule has 0 fully saturated rings. The molecule has 3 rings (SSSR count). The van der Waals surface area contributed by atoms with Gasteiger partial charge in [-0.05, 0) is 24.8 Å². The molecule has 1 N–H and O–H groups in total. The fourth-order valence-corrected chi connectivity index (χ4v) is 2.58. The Morgan fingerprint density at radius 1 is 1.23 bits per heavy atom. The van der Waals surface area contributed by atoms with Crippen LogP contribution in [0.2, 0.25) is 0 Å². The van der Waals surface area contributed by atoms with Gasteiger partial charge in [-0.2, -0.15) is 19.5 Å². The van der Waals surface area contributed by atoms with Gasteiger partial charge in [0.2, 0.25) is 5.95 Å². The summed E-state index contributed by atoms with van der Waals surface area (Å²) in [4.78, 5) is 23.1. The minimum atomic E-state index is -0.445. The van der Waals surface area contributed by atoms with E-state index in [4.69, 9.17) is 0 Å². The fourth-order valence-electron chi connectivity index (χ4n) is 2.58. The van der Waals surface area contributed by atoms with Gasteiger partial charge in [0.15, 0.2) is 11.5 Å². The summed E-state index contributed by atoms with van der Waals surface area (Å²) in [5.74, 6) is 0.677. The smallest absolute Gasteiger partial charge is 0.227 e. The molecule has 0 aliphatic heterocycles. The molecule has 136 valence electrons. The number of aromatic nitrogens is 5. The maximum Gasteiger partial charge on any atom is 0.227 e. The Morgan fingerprint density at radius 2 is 2.08 bits per heavy atom. The molecule has 0 atom stereocenters. The van der Waals surface area contributed by atoms with Crippen LogP contribution in [0.1, 0.15) is 38.2 Å². The topological polar surface area (TPSA) is 97.4 Å². The summed E-state index contributed by atoms with van der Waals surface area (Å²) in [6.07, 6.45) is 5.90. The van der Waals surface area contributed by atoms with Crippen molar-refractivity contribution in [2.24, 2.45) is 5.18 Å². The van der Waals surface area contributed by atoms with Crippen molar-refractivity contribution in [1.82, 2.24) is 24.6 Å². The van der Waals surface area contributed by atoms with Crippen LogP contribution in [0.5, 0.6) is 0 Å². The van der Waals surface area contributed by atoms with E-state index in [1.807, 2.05) is 0 Å². The van der Waals surface area contributed by atoms with E-state index in [9.17, 15) is 9.30 Å². The van der Waals surface area contributed by atoms with E-state index in [1.54, 1.807) is 10.7 Å². The second kappa shape index (κ2) is 7.94. The summed E-state index contributed by atoms with van der Waals surface area (Å²) in [5, 5.41) is 10.4. The van der Waals surface area contributed by atoms with E-state index in [0.717, 1.165) is 18.2 Å². The van der Waals surface area contributed by atoms with Crippen molar-refractivity contribution in [2.75, 3.05) is 18.4 Å². The van der Waals surface area contributed by atoms with E-state index < -0.39 is 5.82 Å². The third-order valence-electron chi connectivity index (χ3n) is 3.94. The van der Waals surface area contributed by atoms with E-state index in [1.165, 1.54) is 12.3 Å². The number of fused-ring (bicyclic) bond motifs is 1. The first-order chi connectivity index (χ1) is 12.6. The molecule has 0 aromatic carbocycles. The van der Waals surface area contributed by atoms with Crippen LogP contribution < -0.4 is 5.32 Å². The summed E-state index contributed by atoms with van der Waals surface area (Å²) < 4.78 is 15.2. The monoisotopic (exact) mass is 357 g/mol. The quantitative estimate of drug-likeness (QED) is 0.490. The summed E-state index contributed by atoms with van der Waals surface area (Å²) in [6, 6.07) is 1.35. The van der Waals surface area contributed by atoms with Gasteiger partial charge >= 0.3 is 0 Å². The average Bonchev–Trinajstić information content (AvgIpc) is 3.06. The Hall–Kier alpha value is -2.97. The second-order valence-electron chi connectivity index (χ2n) is 6.24. The minimum absolute atomic E-state index is 0.229. The number of anilines is 1. The molecule has 0 bridgehead atoms. The Kier molecular flexibility index (Phi) is 5.45. The van der Waals surface area contributed by atoms with E-state index >= 15 is 0 Å². The van der Waals surface area contributed by atoms with Gasteiger partial charge in [-0.25, -0.2) is 9.37 Å². The maximum atomic E-state index is 13.6. The highest BCUT2D eigenvalue weighted by Gasteiger charge is 2.16. The lowest BCUT2D eigenvalue weighted by molar-refractivity contribution is 0.622. The number of pyridine rings is 1. The van der Waals surface area contributed by atoms with Gasteiger partial charge in [0.25, 0.3) is 0 Å². The molecule has 0 spiro atoms. The lowest BCUT2D eigenvalue weighted by Gasteiger charge is -2.10. The van der Waals surface area contributed by atoms with Crippen LogP contribution in [0.25, 0.3) is 17.0 Å². The Labute approximate surface area is 149 Å². The molecule has 26 heavy (non-hydrogen) atoms. The van der Waals surface area contributed by atoms with E-state index in [-0.39, 0.29) is 5.92 Å². The van der Waals surface area contributed by atoms with Gasteiger partial charge in [-0.15, -0.1) is 0 Å². The lowest BCUT2D eigenvalue weighted by Crippen LogP contribution is -2.11. The molecular weight excluding hydrogens is 337 g/mol. The van der Waals surface area contributed by atoms with Crippen LogP contribution in [0.3, 0.4) is 0 Å². The van der Waals surface area contributed by atoms with Crippen molar-refractivity contribution in [3.05, 3.63) is 40.9 Å². The zero-order chi connectivity index (χ0) is 18.5. The molecule has 0 saturated heterocycles. The van der Waals surface area contributed by atoms with Crippen molar-refractivity contribution in [3.8, 4) is 11.4 Å². The highest BCUT2D eigenvalue weighted by Crippen LogP contribution is 2.24. The van der Waals surface area contributed by atoms with Crippen molar-refractivity contribution in [3.63, 3.8) is 0 Å². The first kappa shape index (κ1) is 17.8. The number of nitrogens with one attached hydrogen (secondary N) is 1. The number of rotatable bonds is 8. The minimum Gasteiger partial charge on any atom is -0.354 e. The van der Waals surface area contributed by atoms with Gasteiger partial charge in [0, 0.05) is 23.9 Å². The first-order valence-corrected chi connectivity index (χ1v) is 8.49. The highest BCUT2D eigenvalue weighted by atomic mass is 19.1. The number of halogens is 1. The standard InChI is InChI=1S/C17H20FN7O/c1-11(2)14-10-21-25-16(14)23-15(12-7-13(18)9-19-8-12)24-17(25)20-5-3-4-6-22-26/h7-11H,3-6H2,1-2H3,(H,20,23,24). The SMILES string of the molecule is CC(C)c1cnn2c(NCCCCN=O)nc(-c3cncc(F)c3)nc12. The Balaban J connectivity index is 1.99. The molecule has 0 aliphatic rings. The van der Waals surface area contributed by atoms with Crippen molar-refractivity contribution in [2.45, 2.75) is 32.6 Å². The summed E-state index contributed by atoms with van der Waals surface area (Å²) in [6.45, 7) is 5.02. The Bertz CT molecular complexity index is 909. The molecular formula is C17H20FN7O. The van der Waals surface area contributed by atoms with E-state index in [2.05, 4.69) is 44.4 Å². The Morgan fingerprint density at radius 3 is 2.81 bits per heavy atom. The third kappa shape index (κ3) is 3.81. The van der Waals surface area contributed by atoms with Gasteiger partial charge in [0.1, 0.15) is 5.82 Å². The highest BCUT2D eigenvalue weighted by molar-refractivity contribution is 5.61. The molecule has 8 nitrogen and oxygen atoms in total. The molecule has 0 unspecified atom stereocenters. The molecule has 0 amide bonds. The van der Waals surface area contributed by atoms with Crippen LogP contribution in [0.4, 0.5) is 10.3 Å². The predicted octanol–water partition coefficient (Wildman–Crippen LogP) is 3.41. The molecule has 9 heteroatoms. The summed E-state index contributed by atoms with van der Waals surface area (Å²) in [5.41, 5.74) is 2.15. The van der Waals surface area contributed by atoms with Crippen LogP contribution in [-0.4, -0.2) is 37.7 Å². The zero-order valence-electron chi connectivity index (χ0n) is 14.7.